The lowest BCUT2D eigenvalue weighted by molar-refractivity contribution is 0.298. The van der Waals surface area contributed by atoms with Crippen LogP contribution in [0.15, 0.2) is 28.1 Å². The molecule has 0 aliphatic rings. The summed E-state index contributed by atoms with van der Waals surface area (Å²) in [6.45, 7) is 4.24. The number of hydrogen-bond donors (Lipinski definition) is 1. The number of ether oxygens (including phenoxy) is 1. The van der Waals surface area contributed by atoms with Crippen molar-refractivity contribution in [1.82, 2.24) is 10.3 Å². The monoisotopic (exact) mass is 358 g/mol. The van der Waals surface area contributed by atoms with Crippen molar-refractivity contribution < 1.29 is 9.13 Å². The Balaban J connectivity index is 1.89. The van der Waals surface area contributed by atoms with Gasteiger partial charge in [-0.15, -0.1) is 11.3 Å². The van der Waals surface area contributed by atoms with Gasteiger partial charge in [-0.25, -0.2) is 9.37 Å². The van der Waals surface area contributed by atoms with E-state index in [0.29, 0.717) is 12.4 Å². The first-order valence-corrected chi connectivity index (χ1v) is 8.08. The van der Waals surface area contributed by atoms with E-state index in [9.17, 15) is 4.39 Å². The molecule has 20 heavy (non-hydrogen) atoms. The first-order valence-electron chi connectivity index (χ1n) is 6.41. The molecule has 0 spiro atoms. The van der Waals surface area contributed by atoms with Crippen LogP contribution in [0.1, 0.15) is 24.0 Å². The smallest absolute Gasteiger partial charge is 0.136 e. The lowest BCUT2D eigenvalue weighted by atomic mass is 10.3. The van der Waals surface area contributed by atoms with Crippen molar-refractivity contribution in [2.24, 2.45) is 0 Å². The number of nitrogens with one attached hydrogen (secondary N) is 1. The lowest BCUT2D eigenvalue weighted by Gasteiger charge is -2.06. The van der Waals surface area contributed by atoms with Crippen LogP contribution in [0.4, 0.5) is 4.39 Å². The van der Waals surface area contributed by atoms with Crippen molar-refractivity contribution in [3.05, 3.63) is 44.6 Å². The fourth-order valence-electron chi connectivity index (χ4n) is 1.61. The van der Waals surface area contributed by atoms with Crippen molar-refractivity contribution in [3.8, 4) is 5.75 Å². The predicted octanol–water partition coefficient (Wildman–Crippen LogP) is 4.12. The second-order valence-corrected chi connectivity index (χ2v) is 6.07. The Hall–Kier alpha value is -0.980. The van der Waals surface area contributed by atoms with E-state index in [-0.39, 0.29) is 5.82 Å². The summed E-state index contributed by atoms with van der Waals surface area (Å²) in [4.78, 5) is 4.47. The average Bonchev–Trinajstić information content (AvgIpc) is 2.88. The molecular formula is C14H16BrFN2OS. The van der Waals surface area contributed by atoms with E-state index in [2.05, 4.69) is 33.2 Å². The average molecular weight is 359 g/mol. The third-order valence-corrected chi connectivity index (χ3v) is 4.12. The van der Waals surface area contributed by atoms with E-state index >= 15 is 0 Å². The summed E-state index contributed by atoms with van der Waals surface area (Å²) in [5.41, 5.74) is 0.861. The van der Waals surface area contributed by atoms with Gasteiger partial charge >= 0.3 is 0 Å². The molecule has 0 aliphatic carbocycles. The van der Waals surface area contributed by atoms with E-state index < -0.39 is 0 Å². The van der Waals surface area contributed by atoms with Gasteiger partial charge < -0.3 is 10.1 Å². The van der Waals surface area contributed by atoms with Crippen LogP contribution in [0.5, 0.6) is 5.75 Å². The molecule has 0 unspecified atom stereocenters. The molecule has 0 saturated carbocycles. The molecule has 0 bridgehead atoms. The molecule has 0 radical (unpaired) electrons. The zero-order valence-electron chi connectivity index (χ0n) is 11.2. The zero-order valence-corrected chi connectivity index (χ0v) is 13.6. The number of halogens is 2. The molecule has 1 aromatic carbocycles. The maximum absolute atomic E-state index is 13.1. The topological polar surface area (TPSA) is 34.2 Å². The second kappa shape index (κ2) is 7.71. The molecule has 0 atom stereocenters. The van der Waals surface area contributed by atoms with Gasteiger partial charge in [0.05, 0.1) is 10.2 Å². The first kappa shape index (κ1) is 15.4. The Morgan fingerprint density at radius 2 is 2.30 bits per heavy atom. The highest BCUT2D eigenvalue weighted by Gasteiger charge is 2.06. The molecule has 1 aromatic heterocycles. The van der Waals surface area contributed by atoms with Gasteiger partial charge in [-0.05, 0) is 41.0 Å². The molecular weight excluding hydrogens is 343 g/mol. The highest BCUT2D eigenvalue weighted by Crippen LogP contribution is 2.26. The van der Waals surface area contributed by atoms with Crippen LogP contribution in [0.3, 0.4) is 0 Å². The largest absolute Gasteiger partial charge is 0.486 e. The Morgan fingerprint density at radius 3 is 3.10 bits per heavy atom. The van der Waals surface area contributed by atoms with Gasteiger partial charge in [0.25, 0.3) is 0 Å². The molecule has 0 aliphatic heterocycles. The van der Waals surface area contributed by atoms with Crippen LogP contribution in [0, 0.1) is 5.82 Å². The molecule has 1 N–H and O–H groups in total. The zero-order chi connectivity index (χ0) is 14.4. The van der Waals surface area contributed by atoms with Crippen molar-refractivity contribution in [2.45, 2.75) is 26.5 Å². The van der Waals surface area contributed by atoms with Gasteiger partial charge in [0.1, 0.15) is 23.2 Å². The predicted molar refractivity (Wildman–Crippen MR) is 82.5 cm³/mol. The van der Waals surface area contributed by atoms with E-state index in [1.165, 1.54) is 12.1 Å². The van der Waals surface area contributed by atoms with Crippen LogP contribution in [0.2, 0.25) is 0 Å². The second-order valence-electron chi connectivity index (χ2n) is 4.27. The third kappa shape index (κ3) is 4.54. The van der Waals surface area contributed by atoms with E-state index in [4.69, 9.17) is 4.74 Å². The number of thiazole rings is 1. The quantitative estimate of drug-likeness (QED) is 0.755. The lowest BCUT2D eigenvalue weighted by Crippen LogP contribution is -2.13. The Bertz CT molecular complexity index is 562. The van der Waals surface area contributed by atoms with Gasteiger partial charge in [-0.1, -0.05) is 6.92 Å². The number of aromatic nitrogens is 1. The summed E-state index contributed by atoms with van der Waals surface area (Å²) in [7, 11) is 0. The molecule has 2 rings (SSSR count). The minimum absolute atomic E-state index is 0.314. The van der Waals surface area contributed by atoms with E-state index in [1.54, 1.807) is 17.4 Å². The number of hydrogen-bond acceptors (Lipinski definition) is 4. The normalized spacial score (nSPS) is 10.8. The van der Waals surface area contributed by atoms with Crippen LogP contribution in [-0.4, -0.2) is 11.5 Å². The summed E-state index contributed by atoms with van der Waals surface area (Å²) in [6.07, 6.45) is 1.11. The number of rotatable bonds is 7. The molecule has 0 fully saturated rings. The van der Waals surface area contributed by atoms with Crippen LogP contribution in [0.25, 0.3) is 0 Å². The summed E-state index contributed by atoms with van der Waals surface area (Å²) in [6, 6.07) is 4.38. The summed E-state index contributed by atoms with van der Waals surface area (Å²) in [5.74, 6) is 0.176. The molecule has 0 saturated heterocycles. The van der Waals surface area contributed by atoms with Crippen LogP contribution in [-0.2, 0) is 13.2 Å². The molecule has 0 amide bonds. The minimum atomic E-state index is -0.314. The highest BCUT2D eigenvalue weighted by molar-refractivity contribution is 9.10. The van der Waals surface area contributed by atoms with E-state index in [0.717, 1.165) is 34.7 Å². The van der Waals surface area contributed by atoms with Gasteiger partial charge in [0.15, 0.2) is 0 Å². The number of nitrogens with zero attached hydrogens (tertiary/aromatic N) is 1. The maximum Gasteiger partial charge on any atom is 0.136 e. The fraction of sp³-hybridized carbons (Fsp3) is 0.357. The standard InChI is InChI=1S/C14H16BrFN2OS/c1-2-5-17-7-14-18-11(9-20-14)8-19-13-6-10(16)3-4-12(13)15/h3-4,6,9,17H,2,5,7-8H2,1H3. The van der Waals surface area contributed by atoms with Gasteiger partial charge in [-0.3, -0.25) is 0 Å². The Kier molecular flexibility index (Phi) is 5.94. The third-order valence-electron chi connectivity index (χ3n) is 2.57. The number of benzene rings is 1. The first-order chi connectivity index (χ1) is 9.69. The Morgan fingerprint density at radius 1 is 1.45 bits per heavy atom. The fourth-order valence-corrected chi connectivity index (χ4v) is 2.72. The van der Waals surface area contributed by atoms with Crippen LogP contribution >= 0.6 is 27.3 Å². The van der Waals surface area contributed by atoms with Crippen molar-refractivity contribution >= 4 is 27.3 Å². The molecule has 1 heterocycles. The van der Waals surface area contributed by atoms with Crippen molar-refractivity contribution in [3.63, 3.8) is 0 Å². The van der Waals surface area contributed by atoms with Crippen molar-refractivity contribution in [1.29, 1.82) is 0 Å². The molecule has 3 nitrogen and oxygen atoms in total. The minimum Gasteiger partial charge on any atom is -0.486 e. The van der Waals surface area contributed by atoms with E-state index in [1.807, 2.05) is 5.38 Å². The molecule has 6 heteroatoms. The van der Waals surface area contributed by atoms with Gasteiger partial charge in [0.2, 0.25) is 0 Å². The van der Waals surface area contributed by atoms with Gasteiger partial charge in [-0.2, -0.15) is 0 Å². The summed E-state index contributed by atoms with van der Waals surface area (Å²) in [5, 5.41) is 6.31. The summed E-state index contributed by atoms with van der Waals surface area (Å²) < 4.78 is 19.4. The van der Waals surface area contributed by atoms with Crippen molar-refractivity contribution in [2.75, 3.05) is 6.54 Å². The highest BCUT2D eigenvalue weighted by atomic mass is 79.9. The maximum atomic E-state index is 13.1. The molecule has 108 valence electrons. The SMILES string of the molecule is CCCNCc1nc(COc2cc(F)ccc2Br)cs1. The van der Waals surface area contributed by atoms with Gasteiger partial charge in [0, 0.05) is 18.0 Å². The Labute approximate surface area is 130 Å². The molecule has 2 aromatic rings. The van der Waals surface area contributed by atoms with Crippen LogP contribution < -0.4 is 10.1 Å². The summed E-state index contributed by atoms with van der Waals surface area (Å²) >= 11 is 4.93.